The molecule has 0 aliphatic rings. The molecular weight excluding hydrogens is 298 g/mol. The molecule has 22 heavy (non-hydrogen) atoms. The van der Waals surface area contributed by atoms with Gasteiger partial charge >= 0.3 is 0 Å². The first kappa shape index (κ1) is 16.4. The number of ether oxygens (including phenoxy) is 2. The second-order valence-electron chi connectivity index (χ2n) is 4.99. The molecule has 0 fully saturated rings. The van der Waals surface area contributed by atoms with Gasteiger partial charge in [0.2, 0.25) is 5.91 Å². The highest BCUT2D eigenvalue weighted by atomic mass is 32.1. The molecule has 0 aliphatic heterocycles. The van der Waals surface area contributed by atoms with Crippen molar-refractivity contribution in [3.63, 3.8) is 0 Å². The van der Waals surface area contributed by atoms with Crippen molar-refractivity contribution < 1.29 is 14.3 Å². The van der Waals surface area contributed by atoms with Crippen LogP contribution in [-0.2, 0) is 11.2 Å². The second kappa shape index (κ2) is 7.84. The lowest BCUT2D eigenvalue weighted by Crippen LogP contribution is -2.26. The summed E-state index contributed by atoms with van der Waals surface area (Å²) in [7, 11) is 3.22. The number of carbonyl (C=O) groups excluding carboxylic acids is 1. The van der Waals surface area contributed by atoms with E-state index in [9.17, 15) is 4.79 Å². The van der Waals surface area contributed by atoms with Gasteiger partial charge in [0.25, 0.3) is 0 Å². The fraction of sp³-hybridized carbons (Fsp3) is 0.353. The maximum atomic E-state index is 12.0. The van der Waals surface area contributed by atoms with Gasteiger partial charge in [0.15, 0.2) is 11.5 Å². The number of methoxy groups -OCH3 is 2. The van der Waals surface area contributed by atoms with Crippen molar-refractivity contribution in [3.8, 4) is 11.5 Å². The average molecular weight is 319 g/mol. The molecule has 0 spiro atoms. The van der Waals surface area contributed by atoms with Crippen molar-refractivity contribution in [2.24, 2.45) is 0 Å². The summed E-state index contributed by atoms with van der Waals surface area (Å²) in [6.07, 6.45) is 1.12. The van der Waals surface area contributed by atoms with E-state index in [1.54, 1.807) is 25.6 Å². The third-order valence-corrected chi connectivity index (χ3v) is 4.49. The Balaban J connectivity index is 1.88. The normalized spacial score (nSPS) is 11.8. The monoisotopic (exact) mass is 319 g/mol. The second-order valence-corrected chi connectivity index (χ2v) is 5.97. The third-order valence-electron chi connectivity index (χ3n) is 3.44. The lowest BCUT2D eigenvalue weighted by molar-refractivity contribution is -0.121. The summed E-state index contributed by atoms with van der Waals surface area (Å²) in [6, 6.07) is 9.81. The lowest BCUT2D eigenvalue weighted by atomic mass is 10.1. The van der Waals surface area contributed by atoms with Gasteiger partial charge in [-0.15, -0.1) is 11.3 Å². The van der Waals surface area contributed by atoms with Gasteiger partial charge < -0.3 is 14.8 Å². The molecule has 118 valence electrons. The van der Waals surface area contributed by atoms with E-state index >= 15 is 0 Å². The molecule has 2 rings (SSSR count). The summed E-state index contributed by atoms with van der Waals surface area (Å²) in [5, 5.41) is 5.03. The molecule has 4 nitrogen and oxygen atoms in total. The number of thiophene rings is 1. The quantitative estimate of drug-likeness (QED) is 0.848. The van der Waals surface area contributed by atoms with Crippen LogP contribution < -0.4 is 14.8 Å². The van der Waals surface area contributed by atoms with E-state index in [1.807, 2.05) is 42.6 Å². The Kier molecular flexibility index (Phi) is 5.83. The molecule has 1 aromatic heterocycles. The van der Waals surface area contributed by atoms with E-state index in [2.05, 4.69) is 5.32 Å². The fourth-order valence-corrected chi connectivity index (χ4v) is 2.95. The summed E-state index contributed by atoms with van der Waals surface area (Å²) in [4.78, 5) is 13.2. The zero-order valence-corrected chi connectivity index (χ0v) is 13.9. The van der Waals surface area contributed by atoms with Crippen LogP contribution in [0, 0.1) is 0 Å². The largest absolute Gasteiger partial charge is 0.493 e. The first-order valence-corrected chi connectivity index (χ1v) is 8.05. The van der Waals surface area contributed by atoms with E-state index in [0.717, 1.165) is 5.56 Å². The van der Waals surface area contributed by atoms with Crippen LogP contribution in [0.5, 0.6) is 11.5 Å². The Morgan fingerprint density at radius 2 is 2.00 bits per heavy atom. The Morgan fingerprint density at radius 1 is 1.23 bits per heavy atom. The third kappa shape index (κ3) is 4.24. The van der Waals surface area contributed by atoms with Crippen LogP contribution in [0.3, 0.4) is 0 Å². The minimum absolute atomic E-state index is 0.0516. The molecule has 5 heteroatoms. The number of hydrogen-bond acceptors (Lipinski definition) is 4. The minimum Gasteiger partial charge on any atom is -0.493 e. The van der Waals surface area contributed by atoms with Crippen LogP contribution in [-0.4, -0.2) is 20.1 Å². The molecule has 1 aromatic carbocycles. The van der Waals surface area contributed by atoms with Gasteiger partial charge in [0.05, 0.1) is 20.3 Å². The molecule has 0 saturated heterocycles. The van der Waals surface area contributed by atoms with Crippen molar-refractivity contribution in [2.75, 3.05) is 14.2 Å². The minimum atomic E-state index is 0.0516. The predicted octanol–water partition coefficient (Wildman–Crippen LogP) is 3.58. The van der Waals surface area contributed by atoms with Crippen molar-refractivity contribution in [3.05, 3.63) is 46.2 Å². The Morgan fingerprint density at radius 3 is 2.64 bits per heavy atom. The number of nitrogens with one attached hydrogen (secondary N) is 1. The van der Waals surface area contributed by atoms with E-state index in [1.165, 1.54) is 4.88 Å². The first-order chi connectivity index (χ1) is 10.6. The zero-order chi connectivity index (χ0) is 15.9. The van der Waals surface area contributed by atoms with Gasteiger partial charge in [0, 0.05) is 11.3 Å². The topological polar surface area (TPSA) is 47.6 Å². The van der Waals surface area contributed by atoms with Gasteiger partial charge in [-0.25, -0.2) is 0 Å². The highest BCUT2D eigenvalue weighted by Gasteiger charge is 2.11. The standard InChI is InChI=1S/C17H21NO3S/c1-12(16-5-4-10-22-16)18-17(19)9-7-13-6-8-14(20-2)15(11-13)21-3/h4-6,8,10-12H,7,9H2,1-3H3,(H,18,19)/t12-/m1/s1. The van der Waals surface area contributed by atoms with Crippen molar-refractivity contribution in [1.29, 1.82) is 0 Å². The summed E-state index contributed by atoms with van der Waals surface area (Å²) in [5.74, 6) is 1.44. The van der Waals surface area contributed by atoms with E-state index in [0.29, 0.717) is 24.3 Å². The highest BCUT2D eigenvalue weighted by molar-refractivity contribution is 7.10. The summed E-state index contributed by atoms with van der Waals surface area (Å²) in [5.41, 5.74) is 1.05. The molecule has 0 unspecified atom stereocenters. The van der Waals surface area contributed by atoms with Crippen LogP contribution in [0.15, 0.2) is 35.7 Å². The Bertz CT molecular complexity index is 610. The summed E-state index contributed by atoms with van der Waals surface area (Å²) >= 11 is 1.65. The van der Waals surface area contributed by atoms with Gasteiger partial charge in [0.1, 0.15) is 0 Å². The van der Waals surface area contributed by atoms with Gasteiger partial charge in [-0.05, 0) is 42.5 Å². The Labute approximate surface area is 135 Å². The van der Waals surface area contributed by atoms with Crippen LogP contribution in [0.2, 0.25) is 0 Å². The van der Waals surface area contributed by atoms with Crippen molar-refractivity contribution in [2.45, 2.75) is 25.8 Å². The first-order valence-electron chi connectivity index (χ1n) is 7.17. The maximum Gasteiger partial charge on any atom is 0.220 e. The molecule has 1 N–H and O–H groups in total. The lowest BCUT2D eigenvalue weighted by Gasteiger charge is -2.13. The van der Waals surface area contributed by atoms with Gasteiger partial charge in [-0.2, -0.15) is 0 Å². The van der Waals surface area contributed by atoms with Gasteiger partial charge in [-0.3, -0.25) is 4.79 Å². The molecule has 0 bridgehead atoms. The number of carbonyl (C=O) groups is 1. The molecule has 1 heterocycles. The molecule has 0 radical (unpaired) electrons. The van der Waals surface area contributed by atoms with Crippen LogP contribution >= 0.6 is 11.3 Å². The van der Waals surface area contributed by atoms with Crippen LogP contribution in [0.4, 0.5) is 0 Å². The summed E-state index contributed by atoms with van der Waals surface area (Å²) in [6.45, 7) is 2.00. The molecule has 0 saturated carbocycles. The van der Waals surface area contributed by atoms with E-state index in [-0.39, 0.29) is 11.9 Å². The smallest absolute Gasteiger partial charge is 0.220 e. The van der Waals surface area contributed by atoms with Crippen LogP contribution in [0.1, 0.15) is 29.8 Å². The van der Waals surface area contributed by atoms with Crippen molar-refractivity contribution in [1.82, 2.24) is 5.32 Å². The number of rotatable bonds is 7. The Hall–Kier alpha value is -2.01. The van der Waals surface area contributed by atoms with Crippen LogP contribution in [0.25, 0.3) is 0 Å². The number of aryl methyl sites for hydroxylation is 1. The number of hydrogen-bond donors (Lipinski definition) is 1. The van der Waals surface area contributed by atoms with Crippen molar-refractivity contribution >= 4 is 17.2 Å². The SMILES string of the molecule is COc1ccc(CCC(=O)N[C@H](C)c2cccs2)cc1OC. The molecule has 0 aliphatic carbocycles. The van der Waals surface area contributed by atoms with E-state index < -0.39 is 0 Å². The maximum absolute atomic E-state index is 12.0. The molecule has 1 atom stereocenters. The molecule has 2 aromatic rings. The van der Waals surface area contributed by atoms with E-state index in [4.69, 9.17) is 9.47 Å². The molecule has 1 amide bonds. The zero-order valence-electron chi connectivity index (χ0n) is 13.1. The van der Waals surface area contributed by atoms with Gasteiger partial charge in [-0.1, -0.05) is 12.1 Å². The number of benzene rings is 1. The fourth-order valence-electron chi connectivity index (χ4n) is 2.22. The molecular formula is C17H21NO3S. The number of amides is 1. The summed E-state index contributed by atoms with van der Waals surface area (Å²) < 4.78 is 10.5. The predicted molar refractivity (Wildman–Crippen MR) is 88.7 cm³/mol. The highest BCUT2D eigenvalue weighted by Crippen LogP contribution is 2.28. The average Bonchev–Trinajstić information content (AvgIpc) is 3.07.